The van der Waals surface area contributed by atoms with E-state index in [1.807, 2.05) is 6.07 Å². The van der Waals surface area contributed by atoms with Crippen LogP contribution in [0.2, 0.25) is 5.02 Å². The molecule has 0 aliphatic carbocycles. The van der Waals surface area contributed by atoms with Crippen LogP contribution in [0.5, 0.6) is 5.75 Å². The highest BCUT2D eigenvalue weighted by Gasteiger charge is 2.57. The van der Waals surface area contributed by atoms with Crippen molar-refractivity contribution in [3.8, 4) is 16.2 Å². The number of hydrogen-bond acceptors (Lipinski definition) is 9. The number of alkyl carbamates (subject to hydrolysis) is 1. The molecule has 0 radical (unpaired) electrons. The molecule has 2 aromatic heterocycles. The van der Waals surface area contributed by atoms with Gasteiger partial charge in [-0.05, 0) is 45.7 Å². The van der Waals surface area contributed by atoms with Crippen LogP contribution < -0.4 is 10.1 Å². The number of amides is 1. The van der Waals surface area contributed by atoms with E-state index in [9.17, 15) is 13.2 Å². The highest BCUT2D eigenvalue weighted by Crippen LogP contribution is 2.51. The van der Waals surface area contributed by atoms with Gasteiger partial charge in [0.05, 0.1) is 23.2 Å². The van der Waals surface area contributed by atoms with Gasteiger partial charge in [-0.3, -0.25) is 10.3 Å². The molecular formula is C22H27ClN4O6S2. The summed E-state index contributed by atoms with van der Waals surface area (Å²) in [7, 11) is -1.20. The first-order valence-electron chi connectivity index (χ1n) is 10.9. The minimum atomic E-state index is -4.06. The van der Waals surface area contributed by atoms with Crippen molar-refractivity contribution in [3.63, 3.8) is 0 Å². The zero-order valence-electron chi connectivity index (χ0n) is 20.0. The number of ether oxygens (including phenoxy) is 3. The van der Waals surface area contributed by atoms with Crippen molar-refractivity contribution in [2.75, 3.05) is 20.8 Å². The lowest BCUT2D eigenvalue weighted by atomic mass is 9.90. The topological polar surface area (TPSA) is 119 Å². The van der Waals surface area contributed by atoms with Gasteiger partial charge in [-0.2, -0.15) is 0 Å². The van der Waals surface area contributed by atoms with Crippen molar-refractivity contribution >= 4 is 45.0 Å². The second-order valence-electron chi connectivity index (χ2n) is 9.21. The summed E-state index contributed by atoms with van der Waals surface area (Å²) in [5, 5.41) is 2.85. The van der Waals surface area contributed by atoms with Crippen LogP contribution >= 0.6 is 22.9 Å². The fraction of sp³-hybridized carbons (Fsp3) is 0.500. The maximum absolute atomic E-state index is 13.5. The van der Waals surface area contributed by atoms with Crippen molar-refractivity contribution in [1.82, 2.24) is 14.6 Å². The van der Waals surface area contributed by atoms with Gasteiger partial charge in [0.1, 0.15) is 16.9 Å². The minimum absolute atomic E-state index is 0.157. The average Bonchev–Trinajstić information content (AvgIpc) is 3.18. The molecule has 2 atom stereocenters. The number of fused-ring (bicyclic) bond motifs is 1. The number of thiophene rings is 1. The monoisotopic (exact) mass is 542 g/mol. The van der Waals surface area contributed by atoms with Crippen LogP contribution in [0.4, 0.5) is 4.79 Å². The Labute approximate surface area is 213 Å². The molecule has 0 aromatic carbocycles. The summed E-state index contributed by atoms with van der Waals surface area (Å²) in [6.45, 7) is 5.40. The molecule has 1 N–H and O–H groups in total. The highest BCUT2D eigenvalue weighted by atomic mass is 35.5. The van der Waals surface area contributed by atoms with Crippen molar-refractivity contribution < 1.29 is 27.4 Å². The van der Waals surface area contributed by atoms with Crippen LogP contribution in [-0.4, -0.2) is 61.6 Å². The summed E-state index contributed by atoms with van der Waals surface area (Å²) < 4.78 is 44.4. The zero-order valence-corrected chi connectivity index (χ0v) is 22.4. The van der Waals surface area contributed by atoms with Crippen LogP contribution in [0.1, 0.15) is 38.5 Å². The average molecular weight is 543 g/mol. The van der Waals surface area contributed by atoms with Crippen molar-refractivity contribution in [2.24, 2.45) is 4.99 Å². The zero-order chi connectivity index (χ0) is 25.6. The first-order chi connectivity index (χ1) is 16.4. The number of guanidine groups is 1. The molecule has 1 saturated heterocycles. The molecule has 0 spiro atoms. The van der Waals surface area contributed by atoms with Crippen LogP contribution in [-0.2, 0) is 25.0 Å². The molecule has 4 heterocycles. The fourth-order valence-electron chi connectivity index (χ4n) is 4.00. The van der Waals surface area contributed by atoms with Gasteiger partial charge in [0.2, 0.25) is 11.4 Å². The van der Waals surface area contributed by atoms with E-state index >= 15 is 0 Å². The van der Waals surface area contributed by atoms with Crippen LogP contribution in [0.25, 0.3) is 10.4 Å². The van der Waals surface area contributed by atoms with E-state index in [2.05, 4.69) is 10.3 Å². The van der Waals surface area contributed by atoms with Gasteiger partial charge >= 0.3 is 6.09 Å². The summed E-state index contributed by atoms with van der Waals surface area (Å²) >= 11 is 8.01. The quantitative estimate of drug-likeness (QED) is 0.623. The number of carbonyl (C=O) groups excluding carboxylic acids is 1. The molecule has 13 heteroatoms. The Balaban J connectivity index is 1.83. The summed E-state index contributed by atoms with van der Waals surface area (Å²) in [6.07, 6.45) is 3.37. The number of nitrogens with zero attached hydrogens (tertiary/aromatic N) is 3. The van der Waals surface area contributed by atoms with Gasteiger partial charge in [0, 0.05) is 30.3 Å². The Bertz CT molecular complexity index is 1270. The lowest BCUT2D eigenvalue weighted by molar-refractivity contribution is 0.00288. The molecular weight excluding hydrogens is 516 g/mol. The van der Waals surface area contributed by atoms with E-state index in [0.29, 0.717) is 28.5 Å². The first kappa shape index (κ1) is 25.7. The van der Waals surface area contributed by atoms with Gasteiger partial charge in [-0.15, -0.1) is 11.3 Å². The maximum Gasteiger partial charge on any atom is 0.414 e. The summed E-state index contributed by atoms with van der Waals surface area (Å²) in [6, 6.07) is 3.56. The molecule has 2 aromatic rings. The summed E-state index contributed by atoms with van der Waals surface area (Å²) in [4.78, 5) is 22.7. The Morgan fingerprint density at radius 2 is 2.09 bits per heavy atom. The Morgan fingerprint density at radius 3 is 2.77 bits per heavy atom. The molecule has 0 bridgehead atoms. The van der Waals surface area contributed by atoms with Gasteiger partial charge < -0.3 is 14.2 Å². The lowest BCUT2D eigenvalue weighted by Crippen LogP contribution is -2.61. The van der Waals surface area contributed by atoms with E-state index < -0.39 is 32.7 Å². The number of rotatable bonds is 3. The van der Waals surface area contributed by atoms with Crippen molar-refractivity contribution in [3.05, 3.63) is 34.4 Å². The fourth-order valence-corrected chi connectivity index (χ4v) is 7.40. The van der Waals surface area contributed by atoms with E-state index in [1.54, 1.807) is 46.3 Å². The van der Waals surface area contributed by atoms with Crippen molar-refractivity contribution in [2.45, 2.75) is 50.2 Å². The third-order valence-electron chi connectivity index (χ3n) is 5.54. The van der Waals surface area contributed by atoms with E-state index in [1.165, 1.54) is 18.4 Å². The SMILES string of the molecule is COc1cncc(-c2cc(Cl)c([C@]34CCCOC3S(=O)(=O)N(C)C(NC(=O)OC(C)(C)C)=N4)s2)c1. The largest absolute Gasteiger partial charge is 0.495 e. The Morgan fingerprint density at radius 1 is 1.34 bits per heavy atom. The number of hydrogen-bond donors (Lipinski definition) is 1. The van der Waals surface area contributed by atoms with Gasteiger partial charge in [-0.25, -0.2) is 22.5 Å². The first-order valence-corrected chi connectivity index (χ1v) is 13.6. The molecule has 1 amide bonds. The van der Waals surface area contributed by atoms with E-state index in [0.717, 1.165) is 14.7 Å². The smallest absolute Gasteiger partial charge is 0.414 e. The highest BCUT2D eigenvalue weighted by molar-refractivity contribution is 7.90. The number of carbonyl (C=O) groups is 1. The number of pyridine rings is 1. The predicted molar refractivity (Wildman–Crippen MR) is 133 cm³/mol. The minimum Gasteiger partial charge on any atom is -0.495 e. The Hall–Kier alpha value is -2.41. The third-order valence-corrected chi connectivity index (χ3v) is 9.31. The molecule has 2 aliphatic heterocycles. The second kappa shape index (κ2) is 9.23. The van der Waals surface area contributed by atoms with Crippen LogP contribution in [0.3, 0.4) is 0 Å². The van der Waals surface area contributed by atoms with Crippen LogP contribution in [0.15, 0.2) is 29.5 Å². The molecule has 0 saturated carbocycles. The van der Waals surface area contributed by atoms with Gasteiger partial charge in [0.25, 0.3) is 10.0 Å². The number of aromatic nitrogens is 1. The van der Waals surface area contributed by atoms with Crippen LogP contribution in [0, 0.1) is 0 Å². The molecule has 1 unspecified atom stereocenters. The lowest BCUT2D eigenvalue weighted by Gasteiger charge is -2.45. The number of halogens is 1. The second-order valence-corrected chi connectivity index (χ2v) is 12.7. The van der Waals surface area contributed by atoms with Gasteiger partial charge in [0.15, 0.2) is 0 Å². The van der Waals surface area contributed by atoms with E-state index in [4.69, 9.17) is 30.8 Å². The van der Waals surface area contributed by atoms with E-state index in [-0.39, 0.29) is 12.6 Å². The third kappa shape index (κ3) is 4.84. The molecule has 35 heavy (non-hydrogen) atoms. The molecule has 190 valence electrons. The number of nitrogens with one attached hydrogen (secondary N) is 1. The van der Waals surface area contributed by atoms with Crippen molar-refractivity contribution in [1.29, 1.82) is 0 Å². The molecule has 10 nitrogen and oxygen atoms in total. The Kier molecular flexibility index (Phi) is 6.77. The summed E-state index contributed by atoms with van der Waals surface area (Å²) in [5.41, 5.74) is -2.66. The predicted octanol–water partition coefficient (Wildman–Crippen LogP) is 3.96. The molecule has 1 fully saturated rings. The normalized spacial score (nSPS) is 23.8. The number of methoxy groups -OCH3 is 1. The van der Waals surface area contributed by atoms with Gasteiger partial charge in [-0.1, -0.05) is 11.6 Å². The number of sulfonamides is 1. The summed E-state index contributed by atoms with van der Waals surface area (Å²) in [5.74, 6) is 0.421. The molecule has 4 rings (SSSR count). The number of aliphatic imine (C=N–C) groups is 1. The standard InChI is InChI=1S/C22H27ClN4O6S2/c1-21(2,3)33-20(28)25-19-26-22(7-6-8-32-18(22)35(29,30)27(19)4)17-15(23)10-16(34-17)13-9-14(31-5)12-24-11-13/h9-12,18H,6-8H2,1-5H3,(H,25,26,28)/t18?,22-/m1/s1. The molecule has 2 aliphatic rings. The maximum atomic E-state index is 13.5.